The van der Waals surface area contributed by atoms with Crippen LogP contribution in [0.5, 0.6) is 5.75 Å². The number of amides is 2. The van der Waals surface area contributed by atoms with Gasteiger partial charge in [0.1, 0.15) is 17.4 Å². The fourth-order valence-electron chi connectivity index (χ4n) is 6.37. The molecule has 212 valence electrons. The third-order valence-corrected chi connectivity index (χ3v) is 8.26. The van der Waals surface area contributed by atoms with Crippen LogP contribution in [0.25, 0.3) is 33.7 Å². The average Bonchev–Trinajstić information content (AvgIpc) is 3.35. The lowest BCUT2D eigenvalue weighted by Crippen LogP contribution is -2.58. The van der Waals surface area contributed by atoms with Crippen molar-refractivity contribution >= 4 is 34.1 Å². The molecule has 1 aliphatic carbocycles. The number of hydrogen-bond donors (Lipinski definition) is 1. The molecule has 6 rings (SSSR count). The summed E-state index contributed by atoms with van der Waals surface area (Å²) in [6.07, 6.45) is 4.23. The zero-order chi connectivity index (χ0) is 28.3. The number of nitrogens with two attached hydrogens (primary N) is 1. The van der Waals surface area contributed by atoms with Crippen molar-refractivity contribution in [2.24, 2.45) is 24.1 Å². The van der Waals surface area contributed by atoms with Crippen molar-refractivity contribution in [2.75, 3.05) is 13.7 Å². The average molecular weight is 548 g/mol. The molecule has 0 spiro atoms. The number of rotatable bonds is 6. The first-order valence-corrected chi connectivity index (χ1v) is 14.0. The molecule has 2 aliphatic rings. The number of nitrogens with zero attached hydrogens (tertiary/aromatic N) is 4. The van der Waals surface area contributed by atoms with Crippen molar-refractivity contribution < 1.29 is 23.5 Å². The van der Waals surface area contributed by atoms with Crippen molar-refractivity contribution in [2.45, 2.75) is 65.1 Å². The molecule has 0 bridgehead atoms. The Morgan fingerprint density at radius 2 is 1.95 bits per heavy atom. The minimum Gasteiger partial charge on any atom is -0.494 e. The minimum absolute atomic E-state index is 0.153. The second kappa shape index (κ2) is 9.60. The van der Waals surface area contributed by atoms with Gasteiger partial charge in [-0.1, -0.05) is 20.8 Å². The first-order valence-electron chi connectivity index (χ1n) is 14.0. The van der Waals surface area contributed by atoms with Crippen LogP contribution in [-0.4, -0.2) is 56.8 Å². The Morgan fingerprint density at radius 3 is 2.62 bits per heavy atom. The molecular formula is C30H37N5O5. The Bertz CT molecular complexity index is 1600. The maximum absolute atomic E-state index is 14.1. The molecule has 3 aromatic heterocycles. The van der Waals surface area contributed by atoms with Crippen LogP contribution in [0.2, 0.25) is 0 Å². The van der Waals surface area contributed by atoms with Gasteiger partial charge in [-0.25, -0.2) is 9.78 Å². The summed E-state index contributed by atoms with van der Waals surface area (Å²) in [5.74, 6) is 1.85. The van der Waals surface area contributed by atoms with Gasteiger partial charge in [0.25, 0.3) is 5.91 Å². The van der Waals surface area contributed by atoms with Gasteiger partial charge in [0, 0.05) is 31.1 Å². The monoisotopic (exact) mass is 547 g/mol. The van der Waals surface area contributed by atoms with E-state index in [1.807, 2.05) is 49.4 Å². The summed E-state index contributed by atoms with van der Waals surface area (Å²) in [6, 6.07) is 7.37. The lowest BCUT2D eigenvalue weighted by molar-refractivity contribution is -0.0352. The molecule has 1 aliphatic heterocycles. The number of carbonyl (C=O) groups is 2. The van der Waals surface area contributed by atoms with E-state index in [9.17, 15) is 9.59 Å². The predicted octanol–water partition coefficient (Wildman–Crippen LogP) is 5.32. The van der Waals surface area contributed by atoms with Gasteiger partial charge >= 0.3 is 6.09 Å². The summed E-state index contributed by atoms with van der Waals surface area (Å²) in [6.45, 7) is 7.57. The van der Waals surface area contributed by atoms with Crippen molar-refractivity contribution in [3.63, 3.8) is 0 Å². The van der Waals surface area contributed by atoms with E-state index in [4.69, 9.17) is 24.6 Å². The van der Waals surface area contributed by atoms with Crippen LogP contribution in [0, 0.1) is 11.3 Å². The topological polar surface area (TPSA) is 118 Å². The van der Waals surface area contributed by atoms with Gasteiger partial charge in [-0.2, -0.15) is 0 Å². The number of likely N-dealkylation sites (tertiary alicyclic amines) is 1. The Kier molecular flexibility index (Phi) is 6.31. The first-order chi connectivity index (χ1) is 19.1. The molecule has 1 saturated heterocycles. The summed E-state index contributed by atoms with van der Waals surface area (Å²) >= 11 is 0. The summed E-state index contributed by atoms with van der Waals surface area (Å²) in [5, 5.41) is 1.04. The van der Waals surface area contributed by atoms with E-state index in [1.165, 1.54) is 12.8 Å². The van der Waals surface area contributed by atoms with Gasteiger partial charge in [0.15, 0.2) is 5.82 Å². The minimum atomic E-state index is -0.823. The Labute approximate surface area is 233 Å². The number of methoxy groups -OCH3 is 1. The number of furan rings is 1. The Hall–Kier alpha value is -3.95. The number of primary amides is 1. The van der Waals surface area contributed by atoms with Crippen LogP contribution in [0.4, 0.5) is 4.79 Å². The number of ether oxygens (including phenoxy) is 2. The fourth-order valence-corrected chi connectivity index (χ4v) is 6.37. The van der Waals surface area contributed by atoms with E-state index in [2.05, 4.69) is 10.6 Å². The predicted molar refractivity (Wildman–Crippen MR) is 151 cm³/mol. The van der Waals surface area contributed by atoms with Crippen LogP contribution in [0.3, 0.4) is 0 Å². The van der Waals surface area contributed by atoms with Gasteiger partial charge in [-0.15, -0.1) is 0 Å². The smallest absolute Gasteiger partial charge is 0.404 e. The zero-order valence-corrected chi connectivity index (χ0v) is 23.8. The number of imidazole rings is 1. The van der Waals surface area contributed by atoms with Crippen LogP contribution in [-0.2, 0) is 18.3 Å². The molecule has 1 aromatic carbocycles. The number of aryl methyl sites for hydroxylation is 1. The fraction of sp³-hybridized carbons (Fsp3) is 0.500. The molecule has 40 heavy (non-hydrogen) atoms. The van der Waals surface area contributed by atoms with Crippen molar-refractivity contribution in [3.05, 3.63) is 36.1 Å². The van der Waals surface area contributed by atoms with E-state index >= 15 is 0 Å². The van der Waals surface area contributed by atoms with E-state index in [-0.39, 0.29) is 17.4 Å². The van der Waals surface area contributed by atoms with Crippen LogP contribution >= 0.6 is 0 Å². The van der Waals surface area contributed by atoms with Crippen LogP contribution in [0.15, 0.2) is 34.9 Å². The van der Waals surface area contributed by atoms with E-state index in [0.717, 1.165) is 34.7 Å². The molecule has 10 nitrogen and oxygen atoms in total. The number of piperidine rings is 1. The van der Waals surface area contributed by atoms with E-state index < -0.39 is 12.2 Å². The molecule has 1 saturated carbocycles. The molecule has 2 N–H and O–H groups in total. The maximum atomic E-state index is 14.1. The standard InChI is InChI=1S/C30H37N5O5/c1-30(2,3)25-22(40-29(31)37)7-6-11-34(25)27(36)19-13-20-24(23(15-19)38-5)33(4)26(32-20)21-14-18-10-12-39-28(18)35(21)16-17-8-9-17/h10,12-15,17,22,25H,6-9,11,16H2,1-5H3,(H2,31,37)/t22?,25-/m0/s1. The lowest BCUT2D eigenvalue weighted by Gasteiger charge is -2.47. The molecule has 10 heteroatoms. The van der Waals surface area contributed by atoms with Gasteiger partial charge in [-0.05, 0) is 61.3 Å². The SMILES string of the molecule is COc1cc(C(=O)N2CCCC(OC(N)=O)[C@H]2C(C)(C)C)cc2nc(-c3cc4ccoc4n3CC3CC3)n(C)c12. The number of hydrogen-bond acceptors (Lipinski definition) is 6. The summed E-state index contributed by atoms with van der Waals surface area (Å²) < 4.78 is 21.4. The normalized spacial score (nSPS) is 19.9. The molecule has 2 amide bonds. The highest BCUT2D eigenvalue weighted by molar-refractivity contribution is 6.00. The van der Waals surface area contributed by atoms with Gasteiger partial charge in [0.05, 0.1) is 30.6 Å². The summed E-state index contributed by atoms with van der Waals surface area (Å²) in [7, 11) is 3.57. The van der Waals surface area contributed by atoms with Gasteiger partial charge in [0.2, 0.25) is 5.71 Å². The molecule has 4 heterocycles. The zero-order valence-electron chi connectivity index (χ0n) is 23.8. The van der Waals surface area contributed by atoms with Gasteiger partial charge in [-0.3, -0.25) is 4.79 Å². The van der Waals surface area contributed by atoms with Crippen LogP contribution in [0.1, 0.15) is 56.8 Å². The van der Waals surface area contributed by atoms with E-state index in [1.54, 1.807) is 19.4 Å². The largest absolute Gasteiger partial charge is 0.494 e. The molecule has 1 unspecified atom stereocenters. The molecule has 2 fully saturated rings. The molecule has 4 aromatic rings. The lowest BCUT2D eigenvalue weighted by atomic mass is 9.78. The second-order valence-corrected chi connectivity index (χ2v) is 12.2. The third kappa shape index (κ3) is 4.49. The highest BCUT2D eigenvalue weighted by atomic mass is 16.6. The molecule has 0 radical (unpaired) electrons. The van der Waals surface area contributed by atoms with Crippen molar-refractivity contribution in [3.8, 4) is 17.3 Å². The maximum Gasteiger partial charge on any atom is 0.404 e. The summed E-state index contributed by atoms with van der Waals surface area (Å²) in [5.41, 5.74) is 8.83. The highest BCUT2D eigenvalue weighted by Crippen LogP contribution is 2.39. The second-order valence-electron chi connectivity index (χ2n) is 12.2. The number of carbonyl (C=O) groups excluding carboxylic acids is 2. The first kappa shape index (κ1) is 26.3. The number of benzene rings is 1. The highest BCUT2D eigenvalue weighted by Gasteiger charge is 2.44. The Balaban J connectivity index is 1.42. The van der Waals surface area contributed by atoms with E-state index in [0.29, 0.717) is 42.1 Å². The quantitative estimate of drug-likeness (QED) is 0.349. The number of aromatic nitrogens is 3. The summed E-state index contributed by atoms with van der Waals surface area (Å²) in [4.78, 5) is 32.6. The van der Waals surface area contributed by atoms with Crippen molar-refractivity contribution in [1.82, 2.24) is 19.0 Å². The number of fused-ring (bicyclic) bond motifs is 2. The Morgan fingerprint density at radius 1 is 1.18 bits per heavy atom. The van der Waals surface area contributed by atoms with Gasteiger partial charge < -0.3 is 33.7 Å². The molecule has 2 atom stereocenters. The third-order valence-electron chi connectivity index (χ3n) is 8.26. The van der Waals surface area contributed by atoms with Crippen molar-refractivity contribution in [1.29, 1.82) is 0 Å². The molecular weight excluding hydrogens is 510 g/mol. The van der Waals surface area contributed by atoms with Crippen LogP contribution < -0.4 is 10.5 Å².